The van der Waals surface area contributed by atoms with Crippen molar-refractivity contribution in [3.63, 3.8) is 0 Å². The highest BCUT2D eigenvalue weighted by atomic mass is 16.2. The second-order valence-electron chi connectivity index (χ2n) is 5.96. The van der Waals surface area contributed by atoms with E-state index in [9.17, 15) is 9.59 Å². The van der Waals surface area contributed by atoms with Crippen molar-refractivity contribution in [2.24, 2.45) is 5.73 Å². The molecule has 0 spiro atoms. The van der Waals surface area contributed by atoms with Gasteiger partial charge in [-0.25, -0.2) is 0 Å². The minimum atomic E-state index is -0.429. The van der Waals surface area contributed by atoms with Crippen molar-refractivity contribution in [2.45, 2.75) is 25.3 Å². The fourth-order valence-electron chi connectivity index (χ4n) is 3.09. The molecule has 1 fully saturated rings. The second kappa shape index (κ2) is 6.83. The summed E-state index contributed by atoms with van der Waals surface area (Å²) in [5, 5.41) is 4.25. The highest BCUT2D eigenvalue weighted by Crippen LogP contribution is 2.19. The molecule has 23 heavy (non-hydrogen) atoms. The number of piperazine rings is 1. The monoisotopic (exact) mass is 314 g/mol. The number of rotatable bonds is 5. The summed E-state index contributed by atoms with van der Waals surface area (Å²) in [7, 11) is 0. The van der Waals surface area contributed by atoms with Crippen LogP contribution in [0.4, 0.5) is 0 Å². The Labute approximate surface area is 135 Å². The van der Waals surface area contributed by atoms with E-state index in [1.165, 1.54) is 10.9 Å². The third-order valence-electron chi connectivity index (χ3n) is 4.38. The molecule has 6 nitrogen and oxygen atoms in total. The minimum Gasteiger partial charge on any atom is -0.368 e. The number of nitrogens with two attached hydrogens (primary N) is 1. The second-order valence-corrected chi connectivity index (χ2v) is 5.96. The van der Waals surface area contributed by atoms with Crippen molar-refractivity contribution in [3.05, 3.63) is 36.0 Å². The Kier molecular flexibility index (Phi) is 4.62. The van der Waals surface area contributed by atoms with Crippen molar-refractivity contribution in [3.8, 4) is 0 Å². The molecule has 2 heterocycles. The van der Waals surface area contributed by atoms with Gasteiger partial charge in [0, 0.05) is 43.2 Å². The van der Waals surface area contributed by atoms with Crippen molar-refractivity contribution in [1.29, 1.82) is 0 Å². The maximum Gasteiger partial charge on any atom is 0.236 e. The number of aromatic amines is 1. The van der Waals surface area contributed by atoms with Crippen molar-refractivity contribution in [1.82, 2.24) is 15.2 Å². The molecule has 0 bridgehead atoms. The number of H-pyrrole nitrogens is 1. The average Bonchev–Trinajstić information content (AvgIpc) is 2.98. The molecular weight excluding hydrogens is 292 g/mol. The Morgan fingerprint density at radius 3 is 2.96 bits per heavy atom. The van der Waals surface area contributed by atoms with Crippen LogP contribution < -0.4 is 11.1 Å². The number of hydrogen-bond acceptors (Lipinski definition) is 3. The van der Waals surface area contributed by atoms with Crippen LogP contribution in [0.5, 0.6) is 0 Å². The van der Waals surface area contributed by atoms with E-state index in [0.717, 1.165) is 18.4 Å². The number of aryl methyl sites for hydroxylation is 1. The Hall–Kier alpha value is -2.34. The largest absolute Gasteiger partial charge is 0.368 e. The first kappa shape index (κ1) is 15.6. The molecule has 2 amide bonds. The van der Waals surface area contributed by atoms with Gasteiger partial charge < -0.3 is 20.9 Å². The lowest BCUT2D eigenvalue weighted by molar-refractivity contribution is -0.133. The van der Waals surface area contributed by atoms with Gasteiger partial charge in [0.25, 0.3) is 0 Å². The minimum absolute atomic E-state index is 0.0950. The van der Waals surface area contributed by atoms with Crippen LogP contribution in [0.3, 0.4) is 0 Å². The van der Waals surface area contributed by atoms with E-state index in [-0.39, 0.29) is 5.91 Å². The zero-order chi connectivity index (χ0) is 16.2. The number of carbonyl (C=O) groups excluding carboxylic acids is 2. The van der Waals surface area contributed by atoms with E-state index in [1.54, 1.807) is 4.90 Å². The number of nitrogens with zero attached hydrogens (tertiary/aromatic N) is 1. The van der Waals surface area contributed by atoms with Crippen LogP contribution in [-0.2, 0) is 16.0 Å². The number of fused-ring (bicyclic) bond motifs is 1. The Morgan fingerprint density at radius 2 is 2.13 bits per heavy atom. The summed E-state index contributed by atoms with van der Waals surface area (Å²) >= 11 is 0. The molecule has 0 unspecified atom stereocenters. The number of aromatic nitrogens is 1. The van der Waals surface area contributed by atoms with Crippen LogP contribution in [-0.4, -0.2) is 47.4 Å². The number of benzene rings is 1. The lowest BCUT2D eigenvalue weighted by Gasteiger charge is -2.32. The van der Waals surface area contributed by atoms with Gasteiger partial charge >= 0.3 is 0 Å². The van der Waals surface area contributed by atoms with E-state index in [2.05, 4.69) is 22.4 Å². The van der Waals surface area contributed by atoms with E-state index < -0.39 is 11.9 Å². The lowest BCUT2D eigenvalue weighted by Crippen LogP contribution is -2.57. The normalized spacial score (nSPS) is 18.3. The Balaban J connectivity index is 1.52. The first-order chi connectivity index (χ1) is 11.1. The summed E-state index contributed by atoms with van der Waals surface area (Å²) in [5.74, 6) is -0.307. The van der Waals surface area contributed by atoms with Gasteiger partial charge in [-0.05, 0) is 24.5 Å². The van der Waals surface area contributed by atoms with Crippen molar-refractivity contribution < 1.29 is 9.59 Å². The fourth-order valence-corrected chi connectivity index (χ4v) is 3.09. The van der Waals surface area contributed by atoms with Crippen LogP contribution in [0, 0.1) is 0 Å². The molecule has 6 heteroatoms. The summed E-state index contributed by atoms with van der Waals surface area (Å²) < 4.78 is 0. The summed E-state index contributed by atoms with van der Waals surface area (Å²) in [6.07, 6.45) is 4.17. The maximum atomic E-state index is 12.3. The number of para-hydroxylation sites is 1. The van der Waals surface area contributed by atoms with E-state index in [4.69, 9.17) is 5.73 Å². The first-order valence-corrected chi connectivity index (χ1v) is 8.00. The van der Waals surface area contributed by atoms with Gasteiger partial charge in [-0.3, -0.25) is 9.59 Å². The topological polar surface area (TPSA) is 91.2 Å². The van der Waals surface area contributed by atoms with Crippen LogP contribution in [0.2, 0.25) is 0 Å². The zero-order valence-electron chi connectivity index (χ0n) is 13.0. The molecule has 0 saturated carbocycles. The predicted molar refractivity (Wildman–Crippen MR) is 88.8 cm³/mol. The summed E-state index contributed by atoms with van der Waals surface area (Å²) in [5.41, 5.74) is 7.67. The highest BCUT2D eigenvalue weighted by molar-refractivity contribution is 5.84. The molecule has 4 N–H and O–H groups in total. The van der Waals surface area contributed by atoms with Gasteiger partial charge in [0.2, 0.25) is 11.8 Å². The average molecular weight is 314 g/mol. The molecular formula is C17H22N4O2. The lowest BCUT2D eigenvalue weighted by atomic mass is 10.1. The molecule has 0 aliphatic carbocycles. The van der Waals surface area contributed by atoms with E-state index in [1.807, 2.05) is 18.3 Å². The van der Waals surface area contributed by atoms with Gasteiger partial charge in [-0.1, -0.05) is 18.2 Å². The molecule has 2 aromatic rings. The number of nitrogens with one attached hydrogen (secondary N) is 2. The molecule has 1 saturated heterocycles. The molecule has 1 aromatic heterocycles. The van der Waals surface area contributed by atoms with Crippen LogP contribution >= 0.6 is 0 Å². The van der Waals surface area contributed by atoms with E-state index in [0.29, 0.717) is 26.1 Å². The van der Waals surface area contributed by atoms with Gasteiger partial charge in [-0.2, -0.15) is 0 Å². The predicted octanol–water partition coefficient (Wildman–Crippen LogP) is 0.776. The molecule has 1 aliphatic heterocycles. The van der Waals surface area contributed by atoms with Crippen molar-refractivity contribution >= 4 is 22.7 Å². The van der Waals surface area contributed by atoms with Gasteiger partial charge in [0.1, 0.15) is 6.04 Å². The summed E-state index contributed by atoms with van der Waals surface area (Å²) in [4.78, 5) is 28.5. The SMILES string of the molecule is NC(=O)[C@@H]1CN(C(=O)CCCc2c[nH]c3ccccc23)CCN1. The van der Waals surface area contributed by atoms with Crippen LogP contribution in [0.25, 0.3) is 10.9 Å². The molecule has 1 aromatic carbocycles. The quantitative estimate of drug-likeness (QED) is 0.761. The third-order valence-corrected chi connectivity index (χ3v) is 4.38. The number of hydrogen-bond donors (Lipinski definition) is 3. The van der Waals surface area contributed by atoms with Gasteiger partial charge in [0.15, 0.2) is 0 Å². The number of carbonyl (C=O) groups is 2. The Bertz CT molecular complexity index is 709. The highest BCUT2D eigenvalue weighted by Gasteiger charge is 2.26. The first-order valence-electron chi connectivity index (χ1n) is 8.00. The summed E-state index contributed by atoms with van der Waals surface area (Å²) in [6, 6.07) is 7.74. The molecule has 1 aliphatic rings. The van der Waals surface area contributed by atoms with Gasteiger partial charge in [0.05, 0.1) is 0 Å². The zero-order valence-corrected chi connectivity index (χ0v) is 13.0. The number of primary amides is 1. The van der Waals surface area contributed by atoms with E-state index >= 15 is 0 Å². The smallest absolute Gasteiger partial charge is 0.236 e. The fraction of sp³-hybridized carbons (Fsp3) is 0.412. The van der Waals surface area contributed by atoms with Crippen molar-refractivity contribution in [2.75, 3.05) is 19.6 Å². The molecule has 122 valence electrons. The van der Waals surface area contributed by atoms with Crippen LogP contribution in [0.1, 0.15) is 18.4 Å². The molecule has 1 atom stereocenters. The molecule has 3 rings (SSSR count). The molecule has 0 radical (unpaired) electrons. The third kappa shape index (κ3) is 3.53. The van der Waals surface area contributed by atoms with Gasteiger partial charge in [-0.15, -0.1) is 0 Å². The maximum absolute atomic E-state index is 12.3. The van der Waals surface area contributed by atoms with Crippen LogP contribution in [0.15, 0.2) is 30.5 Å². The summed E-state index contributed by atoms with van der Waals surface area (Å²) in [6.45, 7) is 1.62. The number of amides is 2. The standard InChI is InChI=1S/C17H22N4O2/c18-17(23)15-11-21(9-8-19-15)16(22)7-3-4-12-10-20-14-6-2-1-5-13(12)14/h1-2,5-6,10,15,19-20H,3-4,7-9,11H2,(H2,18,23)/t15-/m0/s1. The Morgan fingerprint density at radius 1 is 1.30 bits per heavy atom.